The summed E-state index contributed by atoms with van der Waals surface area (Å²) in [4.78, 5) is 29.6. The first-order valence-electron chi connectivity index (χ1n) is 9.37. The molecular formula is C19H21N7O3. The third-order valence-corrected chi connectivity index (χ3v) is 5.01. The molecule has 29 heavy (non-hydrogen) atoms. The zero-order valence-electron chi connectivity index (χ0n) is 16.0. The van der Waals surface area contributed by atoms with Gasteiger partial charge >= 0.3 is 5.97 Å². The Hall–Kier alpha value is -3.56. The first-order valence-corrected chi connectivity index (χ1v) is 9.37. The summed E-state index contributed by atoms with van der Waals surface area (Å²) in [5.41, 5.74) is 1.88. The van der Waals surface area contributed by atoms with E-state index in [4.69, 9.17) is 5.11 Å². The second kappa shape index (κ2) is 7.82. The molecule has 150 valence electrons. The first-order chi connectivity index (χ1) is 14.0. The van der Waals surface area contributed by atoms with E-state index in [9.17, 15) is 9.59 Å². The molecule has 0 bridgehead atoms. The Morgan fingerprint density at radius 1 is 1.17 bits per heavy atom. The highest BCUT2D eigenvalue weighted by Gasteiger charge is 2.26. The van der Waals surface area contributed by atoms with Crippen LogP contribution in [0.5, 0.6) is 0 Å². The molecule has 10 nitrogen and oxygen atoms in total. The fraction of sp³-hybridized carbons (Fsp3) is 0.368. The highest BCUT2D eigenvalue weighted by atomic mass is 16.4. The van der Waals surface area contributed by atoms with Crippen LogP contribution in [-0.2, 0) is 13.6 Å². The van der Waals surface area contributed by atoms with Gasteiger partial charge in [0.1, 0.15) is 5.69 Å². The summed E-state index contributed by atoms with van der Waals surface area (Å²) in [6.45, 7) is 2.05. The van der Waals surface area contributed by atoms with Gasteiger partial charge in [0.05, 0.1) is 29.2 Å². The summed E-state index contributed by atoms with van der Waals surface area (Å²) < 4.78 is 3.38. The minimum Gasteiger partial charge on any atom is -0.478 e. The molecule has 3 aromatic heterocycles. The third kappa shape index (κ3) is 4.15. The number of likely N-dealkylation sites (tertiary alicyclic amines) is 1. The normalized spacial score (nSPS) is 16.7. The highest BCUT2D eigenvalue weighted by molar-refractivity contribution is 5.93. The Morgan fingerprint density at radius 3 is 2.72 bits per heavy atom. The van der Waals surface area contributed by atoms with Gasteiger partial charge in [-0.1, -0.05) is 5.21 Å². The van der Waals surface area contributed by atoms with E-state index in [1.54, 1.807) is 41.1 Å². The number of carbonyl (C=O) groups is 2. The Bertz CT molecular complexity index is 1020. The summed E-state index contributed by atoms with van der Waals surface area (Å²) in [5.74, 6) is -0.735. The quantitative estimate of drug-likeness (QED) is 0.692. The number of aromatic carboxylic acids is 1. The van der Waals surface area contributed by atoms with Crippen molar-refractivity contribution in [1.29, 1.82) is 0 Å². The maximum atomic E-state index is 12.7. The standard InChI is InChI=1S/C19H21N7O3/c1-24-11-15(8-21-24)18(27)25-6-2-3-13(9-25)10-26-12-17(22-23-26)16-5-4-14(7-20-16)19(28)29/h4-5,7-8,11-13H,2-3,6,9-10H2,1H3,(H,28,29). The zero-order valence-corrected chi connectivity index (χ0v) is 16.0. The highest BCUT2D eigenvalue weighted by Crippen LogP contribution is 2.21. The molecule has 3 aromatic rings. The largest absolute Gasteiger partial charge is 0.478 e. The maximum absolute atomic E-state index is 12.7. The Morgan fingerprint density at radius 2 is 2.03 bits per heavy atom. The molecule has 1 amide bonds. The Balaban J connectivity index is 1.40. The molecule has 0 saturated carbocycles. The summed E-state index contributed by atoms with van der Waals surface area (Å²) in [7, 11) is 1.79. The van der Waals surface area contributed by atoms with Gasteiger partial charge in [-0.05, 0) is 30.9 Å². The number of pyridine rings is 1. The van der Waals surface area contributed by atoms with Gasteiger partial charge in [-0.25, -0.2) is 4.79 Å². The summed E-state index contributed by atoms with van der Waals surface area (Å²) >= 11 is 0. The van der Waals surface area contributed by atoms with Crippen molar-refractivity contribution in [2.75, 3.05) is 13.1 Å². The summed E-state index contributed by atoms with van der Waals surface area (Å²) in [5, 5.41) is 21.3. The van der Waals surface area contributed by atoms with Crippen molar-refractivity contribution in [2.45, 2.75) is 19.4 Å². The second-order valence-electron chi connectivity index (χ2n) is 7.23. The minimum absolute atomic E-state index is 0.00444. The summed E-state index contributed by atoms with van der Waals surface area (Å²) in [6, 6.07) is 3.11. The molecule has 0 aromatic carbocycles. The van der Waals surface area contributed by atoms with Crippen LogP contribution >= 0.6 is 0 Å². The first kappa shape index (κ1) is 18.8. The van der Waals surface area contributed by atoms with E-state index in [0.29, 0.717) is 30.0 Å². The lowest BCUT2D eigenvalue weighted by molar-refractivity contribution is 0.0657. The fourth-order valence-electron chi connectivity index (χ4n) is 3.55. The lowest BCUT2D eigenvalue weighted by Crippen LogP contribution is -2.41. The number of piperidine rings is 1. The average Bonchev–Trinajstić information content (AvgIpc) is 3.37. The number of aryl methyl sites for hydroxylation is 1. The zero-order chi connectivity index (χ0) is 20.4. The molecule has 1 fully saturated rings. The van der Waals surface area contributed by atoms with Gasteiger partial charge in [-0.2, -0.15) is 5.10 Å². The van der Waals surface area contributed by atoms with Gasteiger partial charge in [0.2, 0.25) is 0 Å². The maximum Gasteiger partial charge on any atom is 0.337 e. The van der Waals surface area contributed by atoms with Crippen LogP contribution in [0.15, 0.2) is 36.9 Å². The van der Waals surface area contributed by atoms with E-state index in [-0.39, 0.29) is 17.4 Å². The fourth-order valence-corrected chi connectivity index (χ4v) is 3.55. The number of amides is 1. The molecule has 1 N–H and O–H groups in total. The van der Waals surface area contributed by atoms with Crippen molar-refractivity contribution in [2.24, 2.45) is 13.0 Å². The van der Waals surface area contributed by atoms with Crippen molar-refractivity contribution in [1.82, 2.24) is 34.7 Å². The molecule has 0 radical (unpaired) electrons. The molecule has 4 rings (SSSR count). The van der Waals surface area contributed by atoms with Crippen LogP contribution in [-0.4, -0.2) is 64.7 Å². The smallest absolute Gasteiger partial charge is 0.337 e. The van der Waals surface area contributed by atoms with Crippen LogP contribution in [0.2, 0.25) is 0 Å². The number of rotatable bonds is 5. The monoisotopic (exact) mass is 395 g/mol. The van der Waals surface area contributed by atoms with Crippen LogP contribution in [0, 0.1) is 5.92 Å². The van der Waals surface area contributed by atoms with E-state index in [1.165, 1.54) is 12.3 Å². The van der Waals surface area contributed by atoms with Crippen molar-refractivity contribution >= 4 is 11.9 Å². The molecule has 1 saturated heterocycles. The number of hydrogen-bond acceptors (Lipinski definition) is 6. The van der Waals surface area contributed by atoms with E-state index < -0.39 is 5.97 Å². The number of hydrogen-bond donors (Lipinski definition) is 1. The predicted octanol–water partition coefficient (Wildman–Crippen LogP) is 1.32. The number of carbonyl (C=O) groups excluding carboxylic acids is 1. The Kier molecular flexibility index (Phi) is 5.07. The lowest BCUT2D eigenvalue weighted by Gasteiger charge is -2.32. The van der Waals surface area contributed by atoms with Crippen molar-refractivity contribution < 1.29 is 14.7 Å². The van der Waals surface area contributed by atoms with Gasteiger partial charge in [0, 0.05) is 39.1 Å². The molecule has 1 atom stereocenters. The number of carboxylic acids is 1. The molecule has 10 heteroatoms. The van der Waals surface area contributed by atoms with Gasteiger partial charge in [0.25, 0.3) is 5.91 Å². The van der Waals surface area contributed by atoms with E-state index in [2.05, 4.69) is 20.4 Å². The molecule has 4 heterocycles. The topological polar surface area (TPSA) is 119 Å². The van der Waals surface area contributed by atoms with E-state index >= 15 is 0 Å². The van der Waals surface area contributed by atoms with Crippen LogP contribution in [0.1, 0.15) is 33.6 Å². The van der Waals surface area contributed by atoms with Crippen LogP contribution in [0.4, 0.5) is 0 Å². The van der Waals surface area contributed by atoms with E-state index in [1.807, 2.05) is 4.90 Å². The SMILES string of the molecule is Cn1cc(C(=O)N2CCCC(Cn3cc(-c4ccc(C(=O)O)cn4)nn3)C2)cn1. The molecule has 1 aliphatic heterocycles. The van der Waals surface area contributed by atoms with Gasteiger partial charge < -0.3 is 10.0 Å². The second-order valence-corrected chi connectivity index (χ2v) is 7.23. The summed E-state index contributed by atoms with van der Waals surface area (Å²) in [6.07, 6.45) is 8.38. The minimum atomic E-state index is -1.02. The lowest BCUT2D eigenvalue weighted by atomic mass is 9.97. The molecular weight excluding hydrogens is 374 g/mol. The van der Waals surface area contributed by atoms with E-state index in [0.717, 1.165) is 19.4 Å². The van der Waals surface area contributed by atoms with Gasteiger partial charge in [-0.15, -0.1) is 5.10 Å². The average molecular weight is 395 g/mol. The van der Waals surface area contributed by atoms with Crippen molar-refractivity contribution in [3.05, 3.63) is 48.0 Å². The van der Waals surface area contributed by atoms with Gasteiger partial charge in [0.15, 0.2) is 0 Å². The predicted molar refractivity (Wildman–Crippen MR) is 102 cm³/mol. The number of nitrogens with zero attached hydrogens (tertiary/aromatic N) is 7. The van der Waals surface area contributed by atoms with Crippen LogP contribution < -0.4 is 0 Å². The molecule has 1 aliphatic rings. The van der Waals surface area contributed by atoms with Crippen molar-refractivity contribution in [3.63, 3.8) is 0 Å². The van der Waals surface area contributed by atoms with Crippen molar-refractivity contribution in [3.8, 4) is 11.4 Å². The molecule has 1 unspecified atom stereocenters. The number of aromatic nitrogens is 6. The third-order valence-electron chi connectivity index (χ3n) is 5.01. The van der Waals surface area contributed by atoms with Crippen LogP contribution in [0.3, 0.4) is 0 Å². The molecule has 0 spiro atoms. The Labute approximate surface area is 166 Å². The van der Waals surface area contributed by atoms with Gasteiger partial charge in [-0.3, -0.25) is 19.1 Å². The molecule has 0 aliphatic carbocycles. The van der Waals surface area contributed by atoms with Crippen LogP contribution in [0.25, 0.3) is 11.4 Å². The number of carboxylic acid groups (broad SMARTS) is 1.